The lowest BCUT2D eigenvalue weighted by atomic mass is 10.3. The second-order valence-corrected chi connectivity index (χ2v) is 2.73. The van der Waals surface area contributed by atoms with E-state index >= 15 is 0 Å². The fourth-order valence-corrected chi connectivity index (χ4v) is 1.06. The first-order valence-corrected chi connectivity index (χ1v) is 4.29. The molecule has 0 fully saturated rings. The number of benzene rings is 1. The number of nitrogens with one attached hydrogen (secondary N) is 1. The van der Waals surface area contributed by atoms with Gasteiger partial charge in [-0.15, -0.1) is 12.3 Å². The molecule has 0 unspecified atom stereocenters. The molecular formula is C11H12FNO. The number of hydrogen-bond acceptors (Lipinski definition) is 2. The minimum Gasteiger partial charge on any atom is -0.494 e. The number of terminal acetylenes is 1. The monoisotopic (exact) mass is 193 g/mol. The minimum absolute atomic E-state index is 0.243. The van der Waals surface area contributed by atoms with Gasteiger partial charge in [0.2, 0.25) is 0 Å². The first-order valence-electron chi connectivity index (χ1n) is 4.29. The molecule has 3 heteroatoms. The molecule has 0 aliphatic heterocycles. The molecule has 0 aromatic heterocycles. The van der Waals surface area contributed by atoms with Crippen LogP contribution in [0.15, 0.2) is 18.2 Å². The normalized spacial score (nSPS) is 9.21. The molecular weight excluding hydrogens is 181 g/mol. The summed E-state index contributed by atoms with van der Waals surface area (Å²) in [4.78, 5) is 0. The van der Waals surface area contributed by atoms with E-state index in [1.807, 2.05) is 0 Å². The van der Waals surface area contributed by atoms with Crippen LogP contribution in [0.5, 0.6) is 5.75 Å². The Balaban J connectivity index is 2.63. The van der Waals surface area contributed by atoms with Gasteiger partial charge in [-0.1, -0.05) is 0 Å². The van der Waals surface area contributed by atoms with Gasteiger partial charge in [0.15, 0.2) is 11.6 Å². The van der Waals surface area contributed by atoms with Gasteiger partial charge in [0.1, 0.15) is 0 Å². The third-order valence-corrected chi connectivity index (χ3v) is 1.75. The van der Waals surface area contributed by atoms with Crippen LogP contribution in [0.2, 0.25) is 0 Å². The second kappa shape index (κ2) is 5.13. The fraction of sp³-hybridized carbons (Fsp3) is 0.273. The summed E-state index contributed by atoms with van der Waals surface area (Å²) in [5.41, 5.74) is 0.707. The Morgan fingerprint density at radius 1 is 1.57 bits per heavy atom. The van der Waals surface area contributed by atoms with E-state index in [-0.39, 0.29) is 11.6 Å². The van der Waals surface area contributed by atoms with E-state index in [9.17, 15) is 4.39 Å². The molecule has 0 saturated heterocycles. The first kappa shape index (κ1) is 10.4. The molecule has 1 rings (SSSR count). The molecule has 0 aliphatic carbocycles. The van der Waals surface area contributed by atoms with Crippen molar-refractivity contribution in [3.05, 3.63) is 24.0 Å². The van der Waals surface area contributed by atoms with Crippen LogP contribution in [0.1, 0.15) is 6.42 Å². The number of halogens is 1. The third kappa shape index (κ3) is 2.67. The predicted octanol–water partition coefficient (Wildman–Crippen LogP) is 2.27. The largest absolute Gasteiger partial charge is 0.494 e. The summed E-state index contributed by atoms with van der Waals surface area (Å²) < 4.78 is 17.9. The average molecular weight is 193 g/mol. The lowest BCUT2D eigenvalue weighted by Crippen LogP contribution is -2.00. The predicted molar refractivity (Wildman–Crippen MR) is 54.9 cm³/mol. The van der Waals surface area contributed by atoms with Gasteiger partial charge in [-0.2, -0.15) is 0 Å². The molecule has 0 heterocycles. The van der Waals surface area contributed by atoms with E-state index in [1.165, 1.54) is 13.2 Å². The Kier molecular flexibility index (Phi) is 3.81. The summed E-state index contributed by atoms with van der Waals surface area (Å²) in [6, 6.07) is 4.71. The maximum absolute atomic E-state index is 13.2. The summed E-state index contributed by atoms with van der Waals surface area (Å²) in [5, 5.41) is 3.00. The molecule has 0 atom stereocenters. The molecule has 1 aromatic carbocycles. The van der Waals surface area contributed by atoms with Crippen molar-refractivity contribution in [3.63, 3.8) is 0 Å². The van der Waals surface area contributed by atoms with E-state index < -0.39 is 0 Å². The van der Waals surface area contributed by atoms with E-state index in [4.69, 9.17) is 11.2 Å². The molecule has 1 aromatic rings. The highest BCUT2D eigenvalue weighted by molar-refractivity contribution is 5.47. The molecule has 14 heavy (non-hydrogen) atoms. The summed E-state index contributed by atoms with van der Waals surface area (Å²) in [6.45, 7) is 0.641. The van der Waals surface area contributed by atoms with Crippen molar-refractivity contribution < 1.29 is 9.13 Å². The van der Waals surface area contributed by atoms with Gasteiger partial charge in [0, 0.05) is 24.7 Å². The molecule has 0 amide bonds. The number of anilines is 1. The Hall–Kier alpha value is -1.69. The van der Waals surface area contributed by atoms with Crippen LogP contribution in [0.25, 0.3) is 0 Å². The van der Waals surface area contributed by atoms with Crippen molar-refractivity contribution >= 4 is 5.69 Å². The van der Waals surface area contributed by atoms with Gasteiger partial charge in [-0.25, -0.2) is 4.39 Å². The van der Waals surface area contributed by atoms with Gasteiger partial charge in [-0.05, 0) is 12.1 Å². The van der Waals surface area contributed by atoms with Crippen LogP contribution >= 0.6 is 0 Å². The van der Waals surface area contributed by atoms with E-state index in [1.54, 1.807) is 12.1 Å². The van der Waals surface area contributed by atoms with E-state index in [2.05, 4.69) is 11.2 Å². The molecule has 0 bridgehead atoms. The highest BCUT2D eigenvalue weighted by atomic mass is 19.1. The third-order valence-electron chi connectivity index (χ3n) is 1.75. The molecule has 74 valence electrons. The zero-order valence-corrected chi connectivity index (χ0v) is 8.01. The zero-order valence-electron chi connectivity index (χ0n) is 8.01. The smallest absolute Gasteiger partial charge is 0.167 e. The summed E-state index contributed by atoms with van der Waals surface area (Å²) in [7, 11) is 1.43. The van der Waals surface area contributed by atoms with Crippen LogP contribution in [0.4, 0.5) is 10.1 Å². The number of ether oxygens (including phenoxy) is 1. The molecule has 0 aliphatic rings. The molecule has 0 saturated carbocycles. The quantitative estimate of drug-likeness (QED) is 0.585. The van der Waals surface area contributed by atoms with Crippen LogP contribution < -0.4 is 10.1 Å². The van der Waals surface area contributed by atoms with Gasteiger partial charge in [0.25, 0.3) is 0 Å². The van der Waals surface area contributed by atoms with Crippen LogP contribution in [-0.4, -0.2) is 13.7 Å². The highest BCUT2D eigenvalue weighted by Crippen LogP contribution is 2.20. The van der Waals surface area contributed by atoms with Crippen molar-refractivity contribution in [2.24, 2.45) is 0 Å². The number of hydrogen-bond donors (Lipinski definition) is 1. The van der Waals surface area contributed by atoms with E-state index in [0.29, 0.717) is 18.7 Å². The second-order valence-electron chi connectivity index (χ2n) is 2.73. The van der Waals surface area contributed by atoms with Crippen molar-refractivity contribution in [1.82, 2.24) is 0 Å². The Morgan fingerprint density at radius 3 is 2.93 bits per heavy atom. The molecule has 0 radical (unpaired) electrons. The van der Waals surface area contributed by atoms with Gasteiger partial charge >= 0.3 is 0 Å². The van der Waals surface area contributed by atoms with Crippen LogP contribution in [0, 0.1) is 18.2 Å². The maximum atomic E-state index is 13.2. The Bertz CT molecular complexity index is 344. The zero-order chi connectivity index (χ0) is 10.4. The van der Waals surface area contributed by atoms with Crippen molar-refractivity contribution in [2.45, 2.75) is 6.42 Å². The minimum atomic E-state index is -0.377. The highest BCUT2D eigenvalue weighted by Gasteiger charge is 2.01. The Labute approximate surface area is 83.1 Å². The van der Waals surface area contributed by atoms with Crippen LogP contribution in [-0.2, 0) is 0 Å². The molecule has 1 N–H and O–H groups in total. The SMILES string of the molecule is C#CCCNc1ccc(OC)c(F)c1. The van der Waals surface area contributed by atoms with Gasteiger partial charge in [-0.3, -0.25) is 0 Å². The average Bonchev–Trinajstić information content (AvgIpc) is 2.18. The fourth-order valence-electron chi connectivity index (χ4n) is 1.06. The standard InChI is InChI=1S/C11H12FNO/c1-3-4-7-13-9-5-6-11(14-2)10(12)8-9/h1,5-6,8,13H,4,7H2,2H3. The summed E-state index contributed by atoms with van der Waals surface area (Å²) >= 11 is 0. The molecule has 0 spiro atoms. The maximum Gasteiger partial charge on any atom is 0.167 e. The lowest BCUT2D eigenvalue weighted by molar-refractivity contribution is 0.386. The molecule has 2 nitrogen and oxygen atoms in total. The van der Waals surface area contributed by atoms with Crippen LogP contribution in [0.3, 0.4) is 0 Å². The van der Waals surface area contributed by atoms with E-state index in [0.717, 1.165) is 0 Å². The summed E-state index contributed by atoms with van der Waals surface area (Å²) in [6.07, 6.45) is 5.70. The summed E-state index contributed by atoms with van der Waals surface area (Å²) in [5.74, 6) is 2.36. The van der Waals surface area contributed by atoms with Crippen molar-refractivity contribution in [1.29, 1.82) is 0 Å². The topological polar surface area (TPSA) is 21.3 Å². The number of methoxy groups -OCH3 is 1. The van der Waals surface area contributed by atoms with Gasteiger partial charge < -0.3 is 10.1 Å². The lowest BCUT2D eigenvalue weighted by Gasteiger charge is -2.06. The van der Waals surface area contributed by atoms with Gasteiger partial charge in [0.05, 0.1) is 7.11 Å². The van der Waals surface area contributed by atoms with Crippen molar-refractivity contribution in [3.8, 4) is 18.1 Å². The number of rotatable bonds is 4. The first-order chi connectivity index (χ1) is 6.77. The van der Waals surface area contributed by atoms with Crippen molar-refractivity contribution in [2.75, 3.05) is 19.0 Å². The Morgan fingerprint density at radius 2 is 2.36 bits per heavy atom.